The first kappa shape index (κ1) is 13.9. The summed E-state index contributed by atoms with van der Waals surface area (Å²) in [6.07, 6.45) is 3.63. The number of aromatic nitrogens is 3. The highest BCUT2D eigenvalue weighted by Gasteiger charge is 2.15. The number of pyridine rings is 1. The lowest BCUT2D eigenvalue weighted by Gasteiger charge is -2.09. The number of aryl methyl sites for hydroxylation is 3. The van der Waals surface area contributed by atoms with Gasteiger partial charge in [-0.2, -0.15) is 0 Å². The van der Waals surface area contributed by atoms with Crippen LogP contribution in [0.5, 0.6) is 0 Å². The number of rotatable bonds is 3. The van der Waals surface area contributed by atoms with E-state index in [4.69, 9.17) is 9.97 Å². The average Bonchev–Trinajstić information content (AvgIpc) is 2.75. The maximum atomic E-state index is 4.77. The van der Waals surface area contributed by atoms with Crippen molar-refractivity contribution in [3.63, 3.8) is 0 Å². The van der Waals surface area contributed by atoms with Crippen LogP contribution in [-0.2, 0) is 0 Å². The number of anilines is 1. The van der Waals surface area contributed by atoms with Crippen LogP contribution in [0.25, 0.3) is 21.6 Å². The SMILES string of the molecule is CCNc1nc(-c2ccncc2C)nc2sc(C)c(C)c12. The Morgan fingerprint density at radius 2 is 2.00 bits per heavy atom. The fourth-order valence-electron chi connectivity index (χ4n) is 2.39. The van der Waals surface area contributed by atoms with E-state index in [2.05, 4.69) is 31.1 Å². The van der Waals surface area contributed by atoms with Crippen LogP contribution in [0, 0.1) is 20.8 Å². The molecular formula is C16H18N4S. The fraction of sp³-hybridized carbons (Fsp3) is 0.312. The molecule has 0 aliphatic carbocycles. The third kappa shape index (κ3) is 2.38. The molecule has 3 rings (SSSR count). The number of hydrogen-bond acceptors (Lipinski definition) is 5. The molecule has 3 aromatic rings. The van der Waals surface area contributed by atoms with Gasteiger partial charge in [0.1, 0.15) is 10.6 Å². The summed E-state index contributed by atoms with van der Waals surface area (Å²) in [7, 11) is 0. The molecule has 0 aromatic carbocycles. The minimum Gasteiger partial charge on any atom is -0.370 e. The average molecular weight is 298 g/mol. The normalized spacial score (nSPS) is 11.0. The minimum atomic E-state index is 0.764. The summed E-state index contributed by atoms with van der Waals surface area (Å²) in [6.45, 7) is 9.23. The Kier molecular flexibility index (Phi) is 3.59. The number of thiophene rings is 1. The molecule has 108 valence electrons. The molecule has 0 spiro atoms. The number of hydrogen-bond donors (Lipinski definition) is 1. The molecule has 0 bridgehead atoms. The van der Waals surface area contributed by atoms with Gasteiger partial charge in [-0.25, -0.2) is 9.97 Å². The topological polar surface area (TPSA) is 50.7 Å². The highest BCUT2D eigenvalue weighted by Crippen LogP contribution is 2.35. The van der Waals surface area contributed by atoms with Gasteiger partial charge in [0.15, 0.2) is 5.82 Å². The largest absolute Gasteiger partial charge is 0.370 e. The molecule has 1 N–H and O–H groups in total. The Labute approximate surface area is 128 Å². The Morgan fingerprint density at radius 3 is 2.71 bits per heavy atom. The van der Waals surface area contributed by atoms with Crippen molar-refractivity contribution in [1.29, 1.82) is 0 Å². The predicted octanol–water partition coefficient (Wildman–Crippen LogP) is 4.11. The lowest BCUT2D eigenvalue weighted by molar-refractivity contribution is 1.14. The van der Waals surface area contributed by atoms with Crippen LogP contribution in [0.3, 0.4) is 0 Å². The Morgan fingerprint density at radius 1 is 1.19 bits per heavy atom. The molecule has 0 fully saturated rings. The fourth-order valence-corrected chi connectivity index (χ4v) is 3.42. The van der Waals surface area contributed by atoms with Crippen molar-refractivity contribution in [3.8, 4) is 11.4 Å². The lowest BCUT2D eigenvalue weighted by atomic mass is 10.1. The van der Waals surface area contributed by atoms with E-state index in [0.29, 0.717) is 0 Å². The Hall–Kier alpha value is -2.01. The maximum absolute atomic E-state index is 4.77. The van der Waals surface area contributed by atoms with Crippen LogP contribution in [0.2, 0.25) is 0 Å². The van der Waals surface area contributed by atoms with E-state index in [9.17, 15) is 0 Å². The van der Waals surface area contributed by atoms with Gasteiger partial charge in [-0.05, 0) is 44.9 Å². The highest BCUT2D eigenvalue weighted by molar-refractivity contribution is 7.18. The van der Waals surface area contributed by atoms with E-state index in [0.717, 1.165) is 39.5 Å². The standard InChI is InChI=1S/C16H18N4S/c1-5-18-15-13-10(3)11(4)21-16(13)20-14(19-15)12-6-7-17-8-9(12)2/h6-8H,5H2,1-4H3,(H,18,19,20). The summed E-state index contributed by atoms with van der Waals surface area (Å²) < 4.78 is 0. The second-order valence-corrected chi connectivity index (χ2v) is 6.28. The molecule has 0 unspecified atom stereocenters. The van der Waals surface area contributed by atoms with E-state index in [1.165, 1.54) is 10.4 Å². The third-order valence-electron chi connectivity index (χ3n) is 3.63. The van der Waals surface area contributed by atoms with Gasteiger partial charge < -0.3 is 5.32 Å². The monoisotopic (exact) mass is 298 g/mol. The van der Waals surface area contributed by atoms with E-state index in [1.807, 2.05) is 19.2 Å². The van der Waals surface area contributed by atoms with Crippen molar-refractivity contribution in [2.45, 2.75) is 27.7 Å². The maximum Gasteiger partial charge on any atom is 0.163 e. The summed E-state index contributed by atoms with van der Waals surface area (Å²) in [5.74, 6) is 1.69. The number of fused-ring (bicyclic) bond motifs is 1. The molecule has 5 heteroatoms. The first-order valence-corrected chi connectivity index (χ1v) is 7.86. The molecule has 21 heavy (non-hydrogen) atoms. The zero-order valence-corrected chi connectivity index (χ0v) is 13.5. The molecule has 0 radical (unpaired) electrons. The highest BCUT2D eigenvalue weighted by atomic mass is 32.1. The van der Waals surface area contributed by atoms with Crippen LogP contribution in [-0.4, -0.2) is 21.5 Å². The third-order valence-corrected chi connectivity index (χ3v) is 4.74. The predicted molar refractivity (Wildman–Crippen MR) is 89.0 cm³/mol. The van der Waals surface area contributed by atoms with Crippen molar-refractivity contribution >= 4 is 27.4 Å². The van der Waals surface area contributed by atoms with Crippen LogP contribution in [0.1, 0.15) is 22.9 Å². The van der Waals surface area contributed by atoms with Gasteiger partial charge in [-0.3, -0.25) is 4.98 Å². The van der Waals surface area contributed by atoms with Crippen molar-refractivity contribution < 1.29 is 0 Å². The minimum absolute atomic E-state index is 0.764. The summed E-state index contributed by atoms with van der Waals surface area (Å²) >= 11 is 1.73. The van der Waals surface area contributed by atoms with Crippen molar-refractivity contribution in [3.05, 3.63) is 34.5 Å². The second kappa shape index (κ2) is 5.41. The van der Waals surface area contributed by atoms with Gasteiger partial charge in [0.2, 0.25) is 0 Å². The molecule has 4 nitrogen and oxygen atoms in total. The molecule has 3 aromatic heterocycles. The van der Waals surface area contributed by atoms with E-state index in [-0.39, 0.29) is 0 Å². The van der Waals surface area contributed by atoms with E-state index >= 15 is 0 Å². The van der Waals surface area contributed by atoms with Gasteiger partial charge in [-0.15, -0.1) is 11.3 Å². The quantitative estimate of drug-likeness (QED) is 0.790. The van der Waals surface area contributed by atoms with Crippen LogP contribution < -0.4 is 5.32 Å². The van der Waals surface area contributed by atoms with Gasteiger partial charge >= 0.3 is 0 Å². The first-order valence-electron chi connectivity index (χ1n) is 7.04. The molecule has 0 aliphatic heterocycles. The van der Waals surface area contributed by atoms with Crippen LogP contribution in [0.4, 0.5) is 5.82 Å². The lowest BCUT2D eigenvalue weighted by Crippen LogP contribution is -2.03. The molecule has 0 amide bonds. The molecule has 0 atom stereocenters. The van der Waals surface area contributed by atoms with E-state index in [1.54, 1.807) is 17.5 Å². The summed E-state index contributed by atoms with van der Waals surface area (Å²) in [6, 6.07) is 1.97. The van der Waals surface area contributed by atoms with Crippen molar-refractivity contribution in [2.75, 3.05) is 11.9 Å². The molecule has 0 saturated carbocycles. The summed E-state index contributed by atoms with van der Waals surface area (Å²) in [5, 5.41) is 4.52. The van der Waals surface area contributed by atoms with Crippen molar-refractivity contribution in [2.24, 2.45) is 0 Å². The number of nitrogens with one attached hydrogen (secondary N) is 1. The second-order valence-electron chi connectivity index (χ2n) is 5.08. The zero-order valence-electron chi connectivity index (χ0n) is 12.7. The molecular weight excluding hydrogens is 280 g/mol. The van der Waals surface area contributed by atoms with Crippen molar-refractivity contribution in [1.82, 2.24) is 15.0 Å². The van der Waals surface area contributed by atoms with Gasteiger partial charge in [0.05, 0.1) is 5.39 Å². The Bertz CT molecular complexity index is 807. The zero-order chi connectivity index (χ0) is 15.0. The van der Waals surface area contributed by atoms with Crippen LogP contribution >= 0.6 is 11.3 Å². The summed E-state index contributed by atoms with van der Waals surface area (Å²) in [5.41, 5.74) is 3.39. The van der Waals surface area contributed by atoms with Gasteiger partial charge in [-0.1, -0.05) is 0 Å². The number of nitrogens with zero attached hydrogens (tertiary/aromatic N) is 3. The molecule has 0 saturated heterocycles. The van der Waals surface area contributed by atoms with Gasteiger partial charge in [0.25, 0.3) is 0 Å². The molecule has 0 aliphatic rings. The first-order chi connectivity index (χ1) is 10.1. The smallest absolute Gasteiger partial charge is 0.163 e. The Balaban J connectivity index is 2.29. The molecule has 3 heterocycles. The van der Waals surface area contributed by atoms with E-state index < -0.39 is 0 Å². The summed E-state index contributed by atoms with van der Waals surface area (Å²) in [4.78, 5) is 16.0. The van der Waals surface area contributed by atoms with Gasteiger partial charge in [0, 0.05) is 29.4 Å². The van der Waals surface area contributed by atoms with Crippen LogP contribution in [0.15, 0.2) is 18.5 Å².